The van der Waals surface area contributed by atoms with Crippen LogP contribution in [-0.4, -0.2) is 46.2 Å². The molecule has 1 fully saturated rings. The van der Waals surface area contributed by atoms with Crippen LogP contribution >= 0.6 is 0 Å². The zero-order valence-electron chi connectivity index (χ0n) is 14.1. The Morgan fingerprint density at radius 3 is 2.67 bits per heavy atom. The molecule has 6 nitrogen and oxygen atoms in total. The van der Waals surface area contributed by atoms with E-state index in [-0.39, 0.29) is 0 Å². The van der Waals surface area contributed by atoms with Gasteiger partial charge >= 0.3 is 0 Å². The summed E-state index contributed by atoms with van der Waals surface area (Å²) in [5.41, 5.74) is 3.60. The predicted molar refractivity (Wildman–Crippen MR) is 93.0 cm³/mol. The van der Waals surface area contributed by atoms with Gasteiger partial charge in [-0.25, -0.2) is 0 Å². The number of anilines is 1. The standard InChI is InChI=1S/C18H21N5O/c1-13-4-3-5-15-16(6-7-19-18(13)15)23-10-8-22(9-11-23)12-17-20-14(2)24-21-17/h3-7H,8-12H2,1-2H3. The minimum Gasteiger partial charge on any atom is -0.368 e. The summed E-state index contributed by atoms with van der Waals surface area (Å²) in [5.74, 6) is 1.40. The number of fused-ring (bicyclic) bond motifs is 1. The Morgan fingerprint density at radius 2 is 1.92 bits per heavy atom. The molecule has 2 aromatic heterocycles. The minimum absolute atomic E-state index is 0.627. The lowest BCUT2D eigenvalue weighted by Gasteiger charge is -2.36. The third-order valence-electron chi connectivity index (χ3n) is 4.60. The molecule has 1 aliphatic rings. The molecule has 4 rings (SSSR count). The van der Waals surface area contributed by atoms with Crippen molar-refractivity contribution in [2.75, 3.05) is 31.1 Å². The van der Waals surface area contributed by atoms with E-state index >= 15 is 0 Å². The Hall–Kier alpha value is -2.47. The van der Waals surface area contributed by atoms with E-state index < -0.39 is 0 Å². The summed E-state index contributed by atoms with van der Waals surface area (Å²) in [6, 6.07) is 8.51. The molecule has 124 valence electrons. The summed E-state index contributed by atoms with van der Waals surface area (Å²) in [6.45, 7) is 8.65. The summed E-state index contributed by atoms with van der Waals surface area (Å²) < 4.78 is 5.05. The molecule has 24 heavy (non-hydrogen) atoms. The van der Waals surface area contributed by atoms with Gasteiger partial charge in [0, 0.05) is 50.4 Å². The van der Waals surface area contributed by atoms with Crippen molar-refractivity contribution in [3.63, 3.8) is 0 Å². The fourth-order valence-corrected chi connectivity index (χ4v) is 3.34. The SMILES string of the molecule is Cc1nc(CN2CCN(c3ccnc4c(C)cccc34)CC2)no1. The number of aryl methyl sites for hydroxylation is 2. The molecule has 1 aliphatic heterocycles. The molecule has 6 heteroatoms. The highest BCUT2D eigenvalue weighted by molar-refractivity contribution is 5.93. The number of hydrogen-bond acceptors (Lipinski definition) is 6. The lowest BCUT2D eigenvalue weighted by molar-refractivity contribution is 0.240. The number of aromatic nitrogens is 3. The number of hydrogen-bond donors (Lipinski definition) is 0. The molecule has 0 atom stereocenters. The quantitative estimate of drug-likeness (QED) is 0.738. The van der Waals surface area contributed by atoms with Crippen LogP contribution in [0.2, 0.25) is 0 Å². The molecule has 1 saturated heterocycles. The van der Waals surface area contributed by atoms with Gasteiger partial charge in [-0.3, -0.25) is 9.88 Å². The van der Waals surface area contributed by atoms with Crippen LogP contribution in [0, 0.1) is 13.8 Å². The second-order valence-electron chi connectivity index (χ2n) is 6.29. The van der Waals surface area contributed by atoms with Crippen LogP contribution < -0.4 is 4.90 Å². The maximum absolute atomic E-state index is 5.05. The van der Waals surface area contributed by atoms with Crippen molar-refractivity contribution in [1.29, 1.82) is 0 Å². The van der Waals surface area contributed by atoms with Crippen molar-refractivity contribution in [3.8, 4) is 0 Å². The summed E-state index contributed by atoms with van der Waals surface area (Å²) in [6.07, 6.45) is 1.92. The first kappa shape index (κ1) is 15.1. The van der Waals surface area contributed by atoms with Crippen molar-refractivity contribution in [2.45, 2.75) is 20.4 Å². The van der Waals surface area contributed by atoms with Gasteiger partial charge in [0.05, 0.1) is 12.1 Å². The van der Waals surface area contributed by atoms with Crippen LogP contribution in [-0.2, 0) is 6.54 Å². The highest BCUT2D eigenvalue weighted by atomic mass is 16.5. The predicted octanol–water partition coefficient (Wildman–Crippen LogP) is 2.56. The van der Waals surface area contributed by atoms with Crippen molar-refractivity contribution in [3.05, 3.63) is 47.7 Å². The average Bonchev–Trinajstić information content (AvgIpc) is 3.01. The number of pyridine rings is 1. The fraction of sp³-hybridized carbons (Fsp3) is 0.389. The highest BCUT2D eigenvalue weighted by Crippen LogP contribution is 2.28. The lowest BCUT2D eigenvalue weighted by Crippen LogP contribution is -2.46. The first-order valence-electron chi connectivity index (χ1n) is 8.31. The summed E-state index contributed by atoms with van der Waals surface area (Å²) in [5, 5.41) is 5.22. The fourth-order valence-electron chi connectivity index (χ4n) is 3.34. The van der Waals surface area contributed by atoms with Crippen molar-refractivity contribution in [2.24, 2.45) is 0 Å². The van der Waals surface area contributed by atoms with Gasteiger partial charge in [-0.1, -0.05) is 23.4 Å². The Morgan fingerprint density at radius 1 is 1.08 bits per heavy atom. The van der Waals surface area contributed by atoms with Crippen LogP contribution in [0.25, 0.3) is 10.9 Å². The second-order valence-corrected chi connectivity index (χ2v) is 6.29. The Balaban J connectivity index is 1.49. The van der Waals surface area contributed by atoms with E-state index in [0.717, 1.165) is 44.1 Å². The van der Waals surface area contributed by atoms with Gasteiger partial charge in [0.15, 0.2) is 5.82 Å². The van der Waals surface area contributed by atoms with Crippen LogP contribution in [0.4, 0.5) is 5.69 Å². The Bertz CT molecular complexity index is 851. The lowest BCUT2D eigenvalue weighted by atomic mass is 10.1. The normalized spacial score (nSPS) is 16.0. The third kappa shape index (κ3) is 2.85. The van der Waals surface area contributed by atoms with E-state index in [9.17, 15) is 0 Å². The van der Waals surface area contributed by atoms with Crippen LogP contribution in [0.1, 0.15) is 17.3 Å². The van der Waals surface area contributed by atoms with Gasteiger partial charge in [0.2, 0.25) is 5.89 Å². The zero-order valence-corrected chi connectivity index (χ0v) is 14.1. The zero-order chi connectivity index (χ0) is 16.5. The highest BCUT2D eigenvalue weighted by Gasteiger charge is 2.20. The maximum Gasteiger partial charge on any atom is 0.223 e. The molecule has 0 N–H and O–H groups in total. The summed E-state index contributed by atoms with van der Waals surface area (Å²) in [7, 11) is 0. The molecule has 0 aliphatic carbocycles. The molecule has 0 radical (unpaired) electrons. The van der Waals surface area contributed by atoms with E-state index in [1.54, 1.807) is 0 Å². The molecule has 1 aromatic carbocycles. The number of benzene rings is 1. The number of piperazine rings is 1. The first-order valence-corrected chi connectivity index (χ1v) is 8.31. The number of nitrogens with zero attached hydrogens (tertiary/aromatic N) is 5. The van der Waals surface area contributed by atoms with Crippen LogP contribution in [0.5, 0.6) is 0 Å². The van der Waals surface area contributed by atoms with Crippen molar-refractivity contribution < 1.29 is 4.52 Å². The smallest absolute Gasteiger partial charge is 0.223 e. The second kappa shape index (κ2) is 6.20. The van der Waals surface area contributed by atoms with Crippen molar-refractivity contribution >= 4 is 16.6 Å². The monoisotopic (exact) mass is 323 g/mol. The van der Waals surface area contributed by atoms with E-state index in [2.05, 4.69) is 56.1 Å². The largest absolute Gasteiger partial charge is 0.368 e. The van der Waals surface area contributed by atoms with E-state index in [4.69, 9.17) is 4.52 Å². The Kier molecular flexibility index (Phi) is 3.90. The number of para-hydroxylation sites is 1. The number of rotatable bonds is 3. The van der Waals surface area contributed by atoms with Gasteiger partial charge < -0.3 is 9.42 Å². The van der Waals surface area contributed by atoms with Gasteiger partial charge in [0.25, 0.3) is 0 Å². The first-order chi connectivity index (χ1) is 11.7. The molecule has 0 saturated carbocycles. The molecular weight excluding hydrogens is 302 g/mol. The van der Waals surface area contributed by atoms with E-state index in [0.29, 0.717) is 5.89 Å². The minimum atomic E-state index is 0.627. The molecule has 3 heterocycles. The molecule has 0 spiro atoms. The van der Waals surface area contributed by atoms with E-state index in [1.807, 2.05) is 13.1 Å². The van der Waals surface area contributed by atoms with Crippen LogP contribution in [0.3, 0.4) is 0 Å². The molecule has 0 amide bonds. The molecule has 0 unspecified atom stereocenters. The summed E-state index contributed by atoms with van der Waals surface area (Å²) >= 11 is 0. The van der Waals surface area contributed by atoms with Crippen LogP contribution in [0.15, 0.2) is 35.0 Å². The average molecular weight is 323 g/mol. The van der Waals surface area contributed by atoms with Gasteiger partial charge in [-0.15, -0.1) is 0 Å². The summed E-state index contributed by atoms with van der Waals surface area (Å²) in [4.78, 5) is 13.7. The van der Waals surface area contributed by atoms with E-state index in [1.165, 1.54) is 16.6 Å². The molecule has 0 bridgehead atoms. The molecule has 3 aromatic rings. The third-order valence-corrected chi connectivity index (χ3v) is 4.60. The maximum atomic E-state index is 5.05. The van der Waals surface area contributed by atoms with Gasteiger partial charge in [-0.2, -0.15) is 4.98 Å². The van der Waals surface area contributed by atoms with Gasteiger partial charge in [0.1, 0.15) is 0 Å². The van der Waals surface area contributed by atoms with Crippen molar-refractivity contribution in [1.82, 2.24) is 20.0 Å². The van der Waals surface area contributed by atoms with Gasteiger partial charge in [-0.05, 0) is 18.6 Å². The topological polar surface area (TPSA) is 58.3 Å². The Labute approximate surface area is 141 Å². The molecular formula is C18H21N5O.